The van der Waals surface area contributed by atoms with E-state index in [0.717, 1.165) is 22.3 Å². The van der Waals surface area contributed by atoms with Crippen molar-refractivity contribution in [3.05, 3.63) is 232 Å². The molecule has 0 spiro atoms. The van der Waals surface area contributed by atoms with Crippen LogP contribution in [0, 0.1) is 0 Å². The Morgan fingerprint density at radius 2 is 0.720 bits per heavy atom. The number of nitrogens with one attached hydrogen (secondary N) is 6. The van der Waals surface area contributed by atoms with Gasteiger partial charge in [-0.25, -0.2) is 42.6 Å². The van der Waals surface area contributed by atoms with Gasteiger partial charge in [-0.3, -0.25) is 28.4 Å². The molecule has 0 aliphatic carbocycles. The second-order valence-corrected chi connectivity index (χ2v) is 31.6. The number of aryl methyl sites for hydroxylation is 3. The van der Waals surface area contributed by atoms with Gasteiger partial charge in [0.25, 0.3) is 17.7 Å². The molecule has 0 saturated heterocycles. The Bertz CT molecular complexity index is 5350. The second-order valence-electron chi connectivity index (χ2n) is 27.8. The van der Waals surface area contributed by atoms with E-state index in [0.29, 0.717) is 51.2 Å². The van der Waals surface area contributed by atoms with E-state index in [1.165, 1.54) is 79.3 Å². The zero-order valence-electron chi connectivity index (χ0n) is 62.1. The van der Waals surface area contributed by atoms with Crippen molar-refractivity contribution in [3.63, 3.8) is 0 Å². The molecule has 7 aromatic carbocycles. The van der Waals surface area contributed by atoms with Gasteiger partial charge in [0.1, 0.15) is 22.8 Å². The van der Waals surface area contributed by atoms with Gasteiger partial charge in [0.15, 0.2) is 34.3 Å². The maximum atomic E-state index is 12.9. The first-order valence-electron chi connectivity index (χ1n) is 33.6. The summed E-state index contributed by atoms with van der Waals surface area (Å²) in [6.45, 7) is 22.6. The molecule has 0 atom stereocenters. The molecule has 30 heteroatoms. The number of hydrogen-bond donors (Lipinski definition) is 9. The van der Waals surface area contributed by atoms with Crippen LogP contribution >= 0.6 is 0 Å². The molecule has 28 nitrogen and oxygen atoms in total. The van der Waals surface area contributed by atoms with E-state index in [4.69, 9.17) is 0 Å². The minimum Gasteiger partial charge on any atom is -0.504 e. The zero-order chi connectivity index (χ0) is 78.1. The summed E-state index contributed by atoms with van der Waals surface area (Å²) in [7, 11) is 0.629. The number of amides is 3. The van der Waals surface area contributed by atoms with Gasteiger partial charge in [0, 0.05) is 65.7 Å². The molecule has 0 bridgehead atoms. The highest BCUT2D eigenvalue weighted by atomic mass is 32.2. The molecule has 4 aromatic heterocycles. The summed E-state index contributed by atoms with van der Waals surface area (Å²) < 4.78 is 56.8. The Morgan fingerprint density at radius 1 is 0.411 bits per heavy atom. The molecule has 9 N–H and O–H groups in total. The highest BCUT2D eigenvalue weighted by molar-refractivity contribution is 7.89. The average Bonchev–Trinajstić information content (AvgIpc) is 1.65. The quantitative estimate of drug-likeness (QED) is 0.0285. The van der Waals surface area contributed by atoms with E-state index in [-0.39, 0.29) is 71.5 Å². The number of aromatic hydroxyl groups is 3. The molecule has 0 radical (unpaired) electrons. The molecule has 0 aliphatic rings. The van der Waals surface area contributed by atoms with Gasteiger partial charge in [-0.15, -0.1) is 10.2 Å². The topological polar surface area (TPSA) is 385 Å². The molecule has 556 valence electrons. The number of nitrogens with zero attached hydrogens (tertiary/aromatic N) is 12. The molecule has 0 unspecified atom stereocenters. The van der Waals surface area contributed by atoms with Gasteiger partial charge in [-0.1, -0.05) is 178 Å². The number of aromatic amines is 1. The van der Waals surface area contributed by atoms with E-state index in [1.807, 2.05) is 91.0 Å². The van der Waals surface area contributed by atoms with Crippen LogP contribution in [0.3, 0.4) is 0 Å². The first-order chi connectivity index (χ1) is 50.4. The average molecular weight is 1490 g/mol. The maximum Gasteiger partial charge on any atom is 0.271 e. The van der Waals surface area contributed by atoms with Crippen molar-refractivity contribution in [1.82, 2.24) is 75.7 Å². The van der Waals surface area contributed by atoms with Gasteiger partial charge in [0.05, 0.1) is 21.2 Å². The third-order valence-electron chi connectivity index (χ3n) is 17.2. The number of benzene rings is 7. The highest BCUT2D eigenvalue weighted by Gasteiger charge is 2.27. The Balaban J connectivity index is 0.000000186. The highest BCUT2D eigenvalue weighted by Crippen LogP contribution is 2.38. The molecule has 0 fully saturated rings. The van der Waals surface area contributed by atoms with Crippen LogP contribution in [-0.4, -0.2) is 131 Å². The lowest BCUT2D eigenvalue weighted by molar-refractivity contribution is 0.0947. The molecule has 4 heterocycles. The van der Waals surface area contributed by atoms with Crippen LogP contribution in [0.1, 0.15) is 147 Å². The minimum atomic E-state index is -3.63. The number of carbonyl (C=O) groups excluding carboxylic acids is 3. The van der Waals surface area contributed by atoms with E-state index >= 15 is 0 Å². The first kappa shape index (κ1) is 79.0. The Labute approximate surface area is 620 Å². The third-order valence-corrected chi connectivity index (χ3v) is 20.0. The predicted octanol–water partition coefficient (Wildman–Crippen LogP) is 10.8. The molecule has 0 aliphatic heterocycles. The maximum absolute atomic E-state index is 12.9. The molecular weight excluding hydrogens is 1400 g/mol. The lowest BCUT2D eigenvalue weighted by Crippen LogP contribution is -2.22. The van der Waals surface area contributed by atoms with Crippen molar-refractivity contribution < 1.29 is 46.5 Å². The summed E-state index contributed by atoms with van der Waals surface area (Å²) in [5.74, 6) is -1.14. The van der Waals surface area contributed by atoms with Crippen LogP contribution in [0.15, 0.2) is 201 Å². The third kappa shape index (κ3) is 18.7. The van der Waals surface area contributed by atoms with Crippen LogP contribution in [0.4, 0.5) is 0 Å². The smallest absolute Gasteiger partial charge is 0.271 e. The van der Waals surface area contributed by atoms with Crippen LogP contribution in [-0.2, 0) is 57.4 Å². The van der Waals surface area contributed by atoms with Gasteiger partial charge in [-0.05, 0) is 127 Å². The van der Waals surface area contributed by atoms with Crippen LogP contribution < -0.4 is 25.7 Å². The molecule has 107 heavy (non-hydrogen) atoms. The van der Waals surface area contributed by atoms with Crippen molar-refractivity contribution in [3.8, 4) is 62.4 Å². The number of hydrogen-bond acceptors (Lipinski definition) is 19. The number of hydrazone groups is 3. The Kier molecular flexibility index (Phi) is 24.0. The van der Waals surface area contributed by atoms with Crippen molar-refractivity contribution in [2.45, 2.75) is 102 Å². The van der Waals surface area contributed by atoms with Gasteiger partial charge < -0.3 is 15.3 Å². The number of tetrazole rings is 1. The molecule has 0 saturated carbocycles. The van der Waals surface area contributed by atoms with E-state index in [9.17, 15) is 46.5 Å². The van der Waals surface area contributed by atoms with Crippen molar-refractivity contribution in [2.75, 3.05) is 14.1 Å². The molecule has 3 amide bonds. The fourth-order valence-corrected chi connectivity index (χ4v) is 12.4. The second kappa shape index (κ2) is 32.5. The minimum absolute atomic E-state index is 0.00553. The lowest BCUT2D eigenvalue weighted by Gasteiger charge is -2.19. The summed E-state index contributed by atoms with van der Waals surface area (Å²) in [4.78, 5) is 37.9. The number of H-pyrrole nitrogens is 1. The fourth-order valence-electron chi connectivity index (χ4n) is 10.9. The van der Waals surface area contributed by atoms with Gasteiger partial charge in [0.2, 0.25) is 25.9 Å². The SMILES string of the molecule is C/C(=N\NC(=O)c1ccc(-c2nn[nH]n2)cc1)c1nn(C)c(-c2ccc(C(C)(C)C)cc2)c1O.CNS(=O)(=O)c1ccc(C(=O)N/N=C(\C)c2nn(C)c(-c3ccc(C(C)(C)C)cc3)c2O)cc1.CNS(=O)(=O)c1ccc(C(=O)N/N=C(\c2ccccc2)c2nn(C)c(-c3ccc(C(C)(C)C)cc3)c2O)cc1. The number of aromatic nitrogens is 10. The summed E-state index contributed by atoms with van der Waals surface area (Å²) in [5, 5.41) is 72.6. The van der Waals surface area contributed by atoms with Crippen molar-refractivity contribution >= 4 is 54.9 Å². The summed E-state index contributed by atoms with van der Waals surface area (Å²) in [5.41, 5.74) is 19.0. The molecule has 11 aromatic rings. The van der Waals surface area contributed by atoms with Gasteiger partial charge >= 0.3 is 0 Å². The zero-order valence-corrected chi connectivity index (χ0v) is 63.8. The van der Waals surface area contributed by atoms with Gasteiger partial charge in [-0.2, -0.15) is 35.8 Å². The fraction of sp³-hybridized carbons (Fsp3) is 0.247. The first-order valence-corrected chi connectivity index (χ1v) is 36.5. The number of carbonyl (C=O) groups is 3. The number of rotatable bonds is 18. The van der Waals surface area contributed by atoms with Crippen molar-refractivity contribution in [1.29, 1.82) is 0 Å². The van der Waals surface area contributed by atoms with Crippen LogP contribution in [0.5, 0.6) is 17.2 Å². The monoisotopic (exact) mass is 1490 g/mol. The normalized spacial score (nSPS) is 12.4. The largest absolute Gasteiger partial charge is 0.504 e. The number of sulfonamides is 2. The standard InChI is InChI=1S/C29H31N5O4S.C24H26N8O2.C24H29N5O4S/c1-29(2,3)22-15-11-20(12-16-22)26-27(35)25(33-34(26)5)24(19-9-7-6-8-10-19)31-32-28(36)21-13-17-23(18-14-21)39(37,38)30-4;1-14(25-28-23(34)17-8-6-16(7-9-17)22-26-30-31-27-22)19-21(33)20(32(5)29-19)15-10-12-18(13-11-15)24(2,3)4;1-15(26-27-23(31)17-9-13-19(14-10-17)34(32,33)25-5)20-22(30)21(29(6)28-20)16-7-11-18(12-8-16)24(2,3)4/h6-18,30,35H,1-5H3,(H,32,36);6-13,33H,1-5H3,(H,28,34)(H,26,27,30,31);7-14,25,30H,1-6H3,(H,27,31)/b31-24+;25-14+;26-15+. The van der Waals surface area contributed by atoms with Crippen LogP contribution in [0.2, 0.25) is 0 Å². The lowest BCUT2D eigenvalue weighted by atomic mass is 9.86. The molecule has 11 rings (SSSR count). The predicted molar refractivity (Wildman–Crippen MR) is 411 cm³/mol. The summed E-state index contributed by atoms with van der Waals surface area (Å²) in [6, 6.07) is 50.6. The molecular formula is C77H86N18O10S2. The van der Waals surface area contributed by atoms with Crippen molar-refractivity contribution in [2.24, 2.45) is 36.4 Å². The summed E-state index contributed by atoms with van der Waals surface area (Å²) >= 11 is 0. The Morgan fingerprint density at radius 3 is 1.04 bits per heavy atom. The van der Waals surface area contributed by atoms with E-state index in [2.05, 4.69) is 139 Å². The van der Waals surface area contributed by atoms with E-state index in [1.54, 1.807) is 85.4 Å². The van der Waals surface area contributed by atoms with Crippen LogP contribution in [0.25, 0.3) is 45.2 Å². The van der Waals surface area contributed by atoms with E-state index < -0.39 is 37.8 Å². The Hall–Kier alpha value is -12.1. The summed E-state index contributed by atoms with van der Waals surface area (Å²) in [6.07, 6.45) is 0.